The monoisotopic (exact) mass is 341 g/mol. The maximum atomic E-state index is 12.5. The predicted octanol–water partition coefficient (Wildman–Crippen LogP) is 4.06. The van der Waals surface area contributed by atoms with Gasteiger partial charge in [0.25, 0.3) is 5.91 Å². The maximum absolute atomic E-state index is 12.5. The van der Waals surface area contributed by atoms with E-state index in [4.69, 9.17) is 14.2 Å². The highest BCUT2D eigenvalue weighted by Crippen LogP contribution is 2.27. The molecule has 0 radical (unpaired) electrons. The number of hydrogen-bond acceptors (Lipinski definition) is 4. The number of ether oxygens (including phenoxy) is 3. The number of methoxy groups -OCH3 is 1. The van der Waals surface area contributed by atoms with Gasteiger partial charge in [-0.25, -0.2) is 0 Å². The van der Waals surface area contributed by atoms with Crippen molar-refractivity contribution in [3.05, 3.63) is 61.2 Å². The second-order valence-corrected chi connectivity index (χ2v) is 5.28. The van der Waals surface area contributed by atoms with Crippen LogP contribution in [-0.4, -0.2) is 25.7 Å². The van der Waals surface area contributed by atoms with E-state index in [0.29, 0.717) is 30.2 Å². The van der Waals surface area contributed by atoms with E-state index in [1.807, 2.05) is 19.1 Å². The van der Waals surface area contributed by atoms with Gasteiger partial charge in [-0.1, -0.05) is 31.7 Å². The highest BCUT2D eigenvalue weighted by Gasteiger charge is 2.20. The molecule has 0 aromatic heterocycles. The Morgan fingerprint density at radius 2 is 1.84 bits per heavy atom. The first-order valence-electron chi connectivity index (χ1n) is 8.12. The molecule has 0 aliphatic heterocycles. The van der Waals surface area contributed by atoms with E-state index in [-0.39, 0.29) is 5.91 Å². The van der Waals surface area contributed by atoms with Crippen molar-refractivity contribution < 1.29 is 19.0 Å². The summed E-state index contributed by atoms with van der Waals surface area (Å²) in [5, 5.41) is 2.85. The van der Waals surface area contributed by atoms with E-state index in [2.05, 4.69) is 11.9 Å². The zero-order valence-electron chi connectivity index (χ0n) is 14.5. The Balaban J connectivity index is 2.00. The minimum Gasteiger partial charge on any atom is -0.493 e. The van der Waals surface area contributed by atoms with Crippen LogP contribution in [0, 0.1) is 0 Å². The molecule has 0 heterocycles. The molecule has 2 aromatic carbocycles. The molecule has 0 aliphatic rings. The SMILES string of the molecule is C=CCOc1ccc(NC(=O)[C@@H](CC)Oc2ccccc2OC)cc1. The molecule has 0 saturated carbocycles. The summed E-state index contributed by atoms with van der Waals surface area (Å²) in [4.78, 5) is 12.5. The Morgan fingerprint density at radius 3 is 2.44 bits per heavy atom. The van der Waals surface area contributed by atoms with Gasteiger partial charge in [0.1, 0.15) is 12.4 Å². The van der Waals surface area contributed by atoms with Crippen molar-refractivity contribution in [1.29, 1.82) is 0 Å². The minimum absolute atomic E-state index is 0.215. The Kier molecular flexibility index (Phi) is 6.89. The number of hydrogen-bond donors (Lipinski definition) is 1. The first kappa shape index (κ1) is 18.4. The molecule has 1 N–H and O–H groups in total. The fourth-order valence-electron chi connectivity index (χ4n) is 2.20. The summed E-state index contributed by atoms with van der Waals surface area (Å²) < 4.78 is 16.5. The number of benzene rings is 2. The molecule has 1 amide bonds. The molecule has 5 nitrogen and oxygen atoms in total. The summed E-state index contributed by atoms with van der Waals surface area (Å²) in [5.74, 6) is 1.64. The number of amides is 1. The molecule has 0 unspecified atom stereocenters. The Labute approximate surface area is 148 Å². The van der Waals surface area contributed by atoms with Crippen LogP contribution in [-0.2, 0) is 4.79 Å². The quantitative estimate of drug-likeness (QED) is 0.699. The van der Waals surface area contributed by atoms with Gasteiger partial charge < -0.3 is 19.5 Å². The van der Waals surface area contributed by atoms with Crippen molar-refractivity contribution in [1.82, 2.24) is 0 Å². The van der Waals surface area contributed by atoms with Gasteiger partial charge in [0, 0.05) is 5.69 Å². The van der Waals surface area contributed by atoms with Crippen LogP contribution >= 0.6 is 0 Å². The third-order valence-corrected chi connectivity index (χ3v) is 3.49. The lowest BCUT2D eigenvalue weighted by molar-refractivity contribution is -0.122. The fourth-order valence-corrected chi connectivity index (χ4v) is 2.20. The van der Waals surface area contributed by atoms with Crippen LogP contribution in [0.2, 0.25) is 0 Å². The second kappa shape index (κ2) is 9.37. The molecular formula is C20H23NO4. The number of nitrogens with one attached hydrogen (secondary N) is 1. The lowest BCUT2D eigenvalue weighted by Crippen LogP contribution is -2.32. The molecule has 0 saturated heterocycles. The molecule has 5 heteroatoms. The Bertz CT molecular complexity index is 697. The highest BCUT2D eigenvalue weighted by molar-refractivity contribution is 5.94. The van der Waals surface area contributed by atoms with Crippen molar-refractivity contribution in [2.45, 2.75) is 19.4 Å². The topological polar surface area (TPSA) is 56.8 Å². The van der Waals surface area contributed by atoms with E-state index in [1.54, 1.807) is 49.6 Å². The number of carbonyl (C=O) groups excluding carboxylic acids is 1. The fraction of sp³-hybridized carbons (Fsp3) is 0.250. The van der Waals surface area contributed by atoms with Crippen LogP contribution in [0.15, 0.2) is 61.2 Å². The van der Waals surface area contributed by atoms with Crippen molar-refractivity contribution in [3.63, 3.8) is 0 Å². The largest absolute Gasteiger partial charge is 0.493 e. The van der Waals surface area contributed by atoms with E-state index < -0.39 is 6.10 Å². The molecule has 132 valence electrons. The third-order valence-electron chi connectivity index (χ3n) is 3.49. The average Bonchev–Trinajstić information content (AvgIpc) is 2.65. The lowest BCUT2D eigenvalue weighted by atomic mass is 10.2. The van der Waals surface area contributed by atoms with Crippen molar-refractivity contribution in [2.24, 2.45) is 0 Å². The van der Waals surface area contributed by atoms with Gasteiger partial charge in [-0.05, 0) is 42.8 Å². The van der Waals surface area contributed by atoms with Gasteiger partial charge in [-0.3, -0.25) is 4.79 Å². The first-order valence-corrected chi connectivity index (χ1v) is 8.12. The van der Waals surface area contributed by atoms with Gasteiger partial charge in [-0.15, -0.1) is 0 Å². The molecular weight excluding hydrogens is 318 g/mol. The highest BCUT2D eigenvalue weighted by atomic mass is 16.5. The van der Waals surface area contributed by atoms with Crippen LogP contribution in [0.25, 0.3) is 0 Å². The van der Waals surface area contributed by atoms with Gasteiger partial charge in [-0.2, -0.15) is 0 Å². The lowest BCUT2D eigenvalue weighted by Gasteiger charge is -2.19. The number of anilines is 1. The summed E-state index contributed by atoms with van der Waals surface area (Å²) in [7, 11) is 1.57. The smallest absolute Gasteiger partial charge is 0.265 e. The maximum Gasteiger partial charge on any atom is 0.265 e. The summed E-state index contributed by atoms with van der Waals surface area (Å²) in [6, 6.07) is 14.4. The van der Waals surface area contributed by atoms with Crippen molar-refractivity contribution in [3.8, 4) is 17.2 Å². The summed E-state index contributed by atoms with van der Waals surface area (Å²) >= 11 is 0. The normalized spacial score (nSPS) is 11.3. The molecule has 0 spiro atoms. The van der Waals surface area contributed by atoms with Crippen LogP contribution in [0.1, 0.15) is 13.3 Å². The van der Waals surface area contributed by atoms with Crippen LogP contribution in [0.4, 0.5) is 5.69 Å². The van der Waals surface area contributed by atoms with Crippen molar-refractivity contribution in [2.75, 3.05) is 19.0 Å². The molecule has 0 aliphatic carbocycles. The molecule has 2 aromatic rings. The zero-order valence-corrected chi connectivity index (χ0v) is 14.5. The third kappa shape index (κ3) is 5.28. The molecule has 0 fully saturated rings. The van der Waals surface area contributed by atoms with Crippen LogP contribution in [0.3, 0.4) is 0 Å². The second-order valence-electron chi connectivity index (χ2n) is 5.28. The van der Waals surface area contributed by atoms with Crippen LogP contribution < -0.4 is 19.5 Å². The van der Waals surface area contributed by atoms with E-state index >= 15 is 0 Å². The van der Waals surface area contributed by atoms with Gasteiger partial charge in [0.2, 0.25) is 0 Å². The first-order chi connectivity index (χ1) is 12.2. The van der Waals surface area contributed by atoms with E-state index in [0.717, 1.165) is 5.75 Å². The average molecular weight is 341 g/mol. The molecule has 2 rings (SSSR count). The number of rotatable bonds is 9. The number of carbonyl (C=O) groups is 1. The van der Waals surface area contributed by atoms with Gasteiger partial charge in [0.05, 0.1) is 7.11 Å². The van der Waals surface area contributed by atoms with E-state index in [1.165, 1.54) is 0 Å². The van der Waals surface area contributed by atoms with Crippen LogP contribution in [0.5, 0.6) is 17.2 Å². The van der Waals surface area contributed by atoms with E-state index in [9.17, 15) is 4.79 Å². The zero-order chi connectivity index (χ0) is 18.1. The molecule has 1 atom stereocenters. The predicted molar refractivity (Wildman–Crippen MR) is 98.5 cm³/mol. The molecule has 0 bridgehead atoms. The van der Waals surface area contributed by atoms with Gasteiger partial charge in [0.15, 0.2) is 17.6 Å². The van der Waals surface area contributed by atoms with Crippen molar-refractivity contribution >= 4 is 11.6 Å². The summed E-state index contributed by atoms with van der Waals surface area (Å²) in [6.45, 7) is 5.94. The Hall–Kier alpha value is -2.95. The molecule has 25 heavy (non-hydrogen) atoms. The summed E-state index contributed by atoms with van der Waals surface area (Å²) in [6.07, 6.45) is 1.59. The standard InChI is InChI=1S/C20H23NO4/c1-4-14-24-16-12-10-15(11-13-16)21-20(22)17(5-2)25-19-9-7-6-8-18(19)23-3/h4,6-13,17H,1,5,14H2,2-3H3,(H,21,22)/t17-/m1/s1. The number of para-hydroxylation sites is 2. The van der Waals surface area contributed by atoms with Gasteiger partial charge >= 0.3 is 0 Å². The Morgan fingerprint density at radius 1 is 1.16 bits per heavy atom. The summed E-state index contributed by atoms with van der Waals surface area (Å²) in [5.41, 5.74) is 0.679. The minimum atomic E-state index is -0.618.